The van der Waals surface area contributed by atoms with E-state index < -0.39 is 0 Å². The van der Waals surface area contributed by atoms with Crippen LogP contribution in [0.25, 0.3) is 10.9 Å². The number of ether oxygens (including phenoxy) is 1. The number of rotatable bonds is 9. The number of halogens is 1. The minimum Gasteiger partial charge on any atom is -1.00 e. The Labute approximate surface area is 199 Å². The molecule has 0 atom stereocenters. The zero-order valence-electron chi connectivity index (χ0n) is 18.1. The summed E-state index contributed by atoms with van der Waals surface area (Å²) in [5.41, 5.74) is 2.79. The molecule has 0 fully saturated rings. The zero-order valence-corrected chi connectivity index (χ0v) is 20.2. The van der Waals surface area contributed by atoms with Crippen LogP contribution in [0.3, 0.4) is 0 Å². The number of unbranched alkanes of at least 4 members (excludes halogenated alkanes) is 2. The molecule has 1 aromatic heterocycles. The van der Waals surface area contributed by atoms with Crippen molar-refractivity contribution in [1.29, 1.82) is 0 Å². The summed E-state index contributed by atoms with van der Waals surface area (Å²) in [5.74, 6) is -0.291. The highest BCUT2D eigenvalue weighted by Crippen LogP contribution is 2.22. The molecule has 7 nitrogen and oxygen atoms in total. The molecule has 31 heavy (non-hydrogen) atoms. The summed E-state index contributed by atoms with van der Waals surface area (Å²) >= 11 is 0. The van der Waals surface area contributed by atoms with Crippen molar-refractivity contribution in [3.05, 3.63) is 70.4 Å². The average Bonchev–Trinajstić information content (AvgIpc) is 3.12. The molecule has 0 aliphatic rings. The second kappa shape index (κ2) is 10.7. The second-order valence-corrected chi connectivity index (χ2v) is 8.27. The number of fused-ring (bicyclic) bond motifs is 1. The van der Waals surface area contributed by atoms with Crippen molar-refractivity contribution in [3.8, 4) is 0 Å². The molecule has 0 unspecified atom stereocenters. The van der Waals surface area contributed by atoms with Gasteiger partial charge in [-0.2, -0.15) is 0 Å². The molecule has 0 radical (unpaired) electrons. The van der Waals surface area contributed by atoms with Gasteiger partial charge in [-0.3, -0.25) is 14.6 Å². The van der Waals surface area contributed by atoms with Crippen LogP contribution in [0.5, 0.6) is 0 Å². The highest BCUT2D eigenvalue weighted by molar-refractivity contribution is 5.89. The van der Waals surface area contributed by atoms with Gasteiger partial charge in [-0.25, -0.2) is 4.79 Å². The van der Waals surface area contributed by atoms with Crippen molar-refractivity contribution in [2.45, 2.75) is 25.8 Å². The number of carbonyl (C=O) groups excluding carboxylic acids is 1. The minimum absolute atomic E-state index is 0. The third kappa shape index (κ3) is 6.51. The van der Waals surface area contributed by atoms with Gasteiger partial charge in [0.2, 0.25) is 0 Å². The first-order valence-electron chi connectivity index (χ1n) is 10.1. The summed E-state index contributed by atoms with van der Waals surface area (Å²) in [5, 5.41) is 11.7. The van der Waals surface area contributed by atoms with Crippen LogP contribution in [0.4, 0.5) is 11.4 Å². The van der Waals surface area contributed by atoms with E-state index in [9.17, 15) is 14.9 Å². The molecule has 1 heterocycles. The number of carbonyl (C=O) groups is 1. The van der Waals surface area contributed by atoms with Gasteiger partial charge in [0.1, 0.15) is 5.69 Å². The fourth-order valence-corrected chi connectivity index (χ4v) is 3.35. The van der Waals surface area contributed by atoms with Crippen LogP contribution in [-0.2, 0) is 11.3 Å². The van der Waals surface area contributed by atoms with Gasteiger partial charge < -0.3 is 33.3 Å². The number of nitrogens with zero attached hydrogens (tertiary/aromatic N) is 3. The Morgan fingerprint density at radius 2 is 1.74 bits per heavy atom. The molecule has 8 heteroatoms. The molecule has 0 amide bonds. The number of quaternary nitrogens is 1. The van der Waals surface area contributed by atoms with Crippen LogP contribution >= 0.6 is 0 Å². The van der Waals surface area contributed by atoms with Crippen molar-refractivity contribution < 1.29 is 38.4 Å². The molecule has 0 N–H and O–H groups in total. The number of esters is 1. The van der Waals surface area contributed by atoms with Crippen molar-refractivity contribution >= 4 is 28.2 Å². The lowest BCUT2D eigenvalue weighted by Gasteiger charge is -2.23. The Hall–Kier alpha value is -2.46. The fourth-order valence-electron chi connectivity index (χ4n) is 3.35. The first kappa shape index (κ1) is 24.8. The third-order valence-electron chi connectivity index (χ3n) is 5.12. The summed E-state index contributed by atoms with van der Waals surface area (Å²) in [6.07, 6.45) is 4.62. The van der Waals surface area contributed by atoms with Crippen molar-refractivity contribution in [1.82, 2.24) is 9.05 Å². The van der Waals surface area contributed by atoms with E-state index in [1.807, 2.05) is 36.5 Å². The SMILES string of the molecule is C[N+](C)(C)c1ccc(C(=O)OCCCCCn2ccc3cc([N+](=O)[O-])ccc32)cc1.[I-]. The maximum absolute atomic E-state index is 12.2. The average molecular weight is 537 g/mol. The first-order chi connectivity index (χ1) is 14.3. The zero-order chi connectivity index (χ0) is 21.7. The molecular weight excluding hydrogens is 509 g/mol. The molecular formula is C23H28IN3O4. The van der Waals surface area contributed by atoms with Gasteiger partial charge in [0.25, 0.3) is 5.69 Å². The van der Waals surface area contributed by atoms with Gasteiger partial charge in [0, 0.05) is 35.8 Å². The highest BCUT2D eigenvalue weighted by Gasteiger charge is 2.14. The smallest absolute Gasteiger partial charge is 0.338 e. The number of aromatic nitrogens is 1. The summed E-state index contributed by atoms with van der Waals surface area (Å²) in [4.78, 5) is 22.7. The van der Waals surface area contributed by atoms with Gasteiger partial charge in [0.15, 0.2) is 0 Å². The Balaban J connectivity index is 0.00000341. The molecule has 0 saturated heterocycles. The van der Waals surface area contributed by atoms with Crippen LogP contribution < -0.4 is 28.5 Å². The van der Waals surface area contributed by atoms with Gasteiger partial charge in [0.05, 0.1) is 38.2 Å². The largest absolute Gasteiger partial charge is 1.00 e. The van der Waals surface area contributed by atoms with Crippen molar-refractivity contribution in [3.63, 3.8) is 0 Å². The summed E-state index contributed by atoms with van der Waals surface area (Å²) < 4.78 is 8.18. The molecule has 0 spiro atoms. The van der Waals surface area contributed by atoms with Gasteiger partial charge in [-0.1, -0.05) is 0 Å². The van der Waals surface area contributed by atoms with Crippen LogP contribution in [0.15, 0.2) is 54.7 Å². The number of nitro benzene ring substituents is 1. The Kier molecular flexibility index (Phi) is 8.58. The molecule has 3 rings (SSSR count). The minimum atomic E-state index is -0.379. The van der Waals surface area contributed by atoms with E-state index in [0.717, 1.165) is 42.4 Å². The number of non-ortho nitro benzene ring substituents is 1. The second-order valence-electron chi connectivity index (χ2n) is 8.27. The maximum Gasteiger partial charge on any atom is 0.338 e. The maximum atomic E-state index is 12.2. The highest BCUT2D eigenvalue weighted by atomic mass is 127. The summed E-state index contributed by atoms with van der Waals surface area (Å²) in [6.45, 7) is 1.22. The molecule has 166 valence electrons. The monoisotopic (exact) mass is 537 g/mol. The standard InChI is InChI=1S/C23H28N3O4.HI/c1-26(2,3)21-10-7-18(8-11-21)23(27)30-16-6-4-5-14-24-15-13-19-17-20(25(28)29)9-12-22(19)24;/h7-13,15,17H,4-6,14,16H2,1-3H3;1H/q+1;/p-1. The Morgan fingerprint density at radius 1 is 1.03 bits per heavy atom. The lowest BCUT2D eigenvalue weighted by atomic mass is 10.2. The predicted octanol–water partition coefficient (Wildman–Crippen LogP) is 1.78. The normalized spacial score (nSPS) is 11.2. The van der Waals surface area contributed by atoms with E-state index in [1.54, 1.807) is 12.1 Å². The summed E-state index contributed by atoms with van der Waals surface area (Å²) in [6, 6.07) is 14.3. The topological polar surface area (TPSA) is 74.4 Å². The molecule has 0 saturated carbocycles. The van der Waals surface area contributed by atoms with Crippen molar-refractivity contribution in [2.75, 3.05) is 27.7 Å². The first-order valence-corrected chi connectivity index (χ1v) is 10.1. The van der Waals surface area contributed by atoms with E-state index in [0.29, 0.717) is 16.7 Å². The Bertz CT molecular complexity index is 1040. The van der Waals surface area contributed by atoms with Gasteiger partial charge in [-0.15, -0.1) is 0 Å². The van der Waals surface area contributed by atoms with E-state index in [-0.39, 0.29) is 40.6 Å². The summed E-state index contributed by atoms with van der Waals surface area (Å²) in [7, 11) is 6.23. The number of benzene rings is 2. The molecule has 3 aromatic rings. The number of hydrogen-bond donors (Lipinski definition) is 0. The number of nitro groups is 1. The predicted molar refractivity (Wildman–Crippen MR) is 119 cm³/mol. The molecule has 2 aromatic carbocycles. The third-order valence-corrected chi connectivity index (χ3v) is 5.12. The lowest BCUT2D eigenvalue weighted by Crippen LogP contribution is -3.00. The molecule has 0 bridgehead atoms. The number of aryl methyl sites for hydroxylation is 1. The van der Waals surface area contributed by atoms with Gasteiger partial charge >= 0.3 is 5.97 Å². The van der Waals surface area contributed by atoms with Gasteiger partial charge in [-0.05, 0) is 55.7 Å². The quantitative estimate of drug-likeness (QED) is 0.104. The van der Waals surface area contributed by atoms with Crippen molar-refractivity contribution in [2.24, 2.45) is 0 Å². The van der Waals surface area contributed by atoms with E-state index in [4.69, 9.17) is 4.74 Å². The number of hydrogen-bond acceptors (Lipinski definition) is 4. The van der Waals surface area contributed by atoms with E-state index >= 15 is 0 Å². The van der Waals surface area contributed by atoms with E-state index in [2.05, 4.69) is 25.7 Å². The van der Waals surface area contributed by atoms with Crippen LogP contribution in [0.2, 0.25) is 0 Å². The van der Waals surface area contributed by atoms with E-state index in [1.165, 1.54) is 6.07 Å². The lowest BCUT2D eigenvalue weighted by molar-refractivity contribution is -0.384. The van der Waals surface area contributed by atoms with Crippen LogP contribution in [-0.4, -0.2) is 43.2 Å². The molecule has 0 aliphatic heterocycles. The van der Waals surface area contributed by atoms with Crippen LogP contribution in [0, 0.1) is 10.1 Å². The van der Waals surface area contributed by atoms with Crippen LogP contribution in [0.1, 0.15) is 29.6 Å². The molecule has 0 aliphatic carbocycles. The Morgan fingerprint density at radius 3 is 2.39 bits per heavy atom. The fraction of sp³-hybridized carbons (Fsp3) is 0.348.